The molecule has 0 saturated carbocycles. The van der Waals surface area contributed by atoms with E-state index in [0.29, 0.717) is 10.8 Å². The van der Waals surface area contributed by atoms with Crippen LogP contribution in [0.5, 0.6) is 0 Å². The van der Waals surface area contributed by atoms with Crippen molar-refractivity contribution < 1.29 is 9.72 Å². The van der Waals surface area contributed by atoms with E-state index in [1.54, 1.807) is 13.3 Å². The van der Waals surface area contributed by atoms with Gasteiger partial charge in [-0.3, -0.25) is 14.9 Å². The Morgan fingerprint density at radius 1 is 1.30 bits per heavy atom. The van der Waals surface area contributed by atoms with Crippen molar-refractivity contribution >= 4 is 29.0 Å². The van der Waals surface area contributed by atoms with Crippen molar-refractivity contribution in [3.63, 3.8) is 0 Å². The summed E-state index contributed by atoms with van der Waals surface area (Å²) in [7, 11) is 0. The van der Waals surface area contributed by atoms with E-state index in [1.165, 1.54) is 36.0 Å². The second kappa shape index (κ2) is 7.23. The quantitative estimate of drug-likeness (QED) is 0.494. The predicted molar refractivity (Wildman–Crippen MR) is 87.5 cm³/mol. The van der Waals surface area contributed by atoms with Crippen LogP contribution < -0.4 is 5.32 Å². The van der Waals surface area contributed by atoms with Crippen LogP contribution in [-0.4, -0.2) is 30.8 Å². The van der Waals surface area contributed by atoms with Gasteiger partial charge in [0.25, 0.3) is 5.69 Å². The van der Waals surface area contributed by atoms with Gasteiger partial charge in [-0.1, -0.05) is 11.8 Å². The van der Waals surface area contributed by atoms with Crippen molar-refractivity contribution in [1.82, 2.24) is 14.8 Å². The molecule has 8 nitrogen and oxygen atoms in total. The number of nitrogens with zero attached hydrogens (tertiary/aromatic N) is 4. The van der Waals surface area contributed by atoms with Gasteiger partial charge in [0.2, 0.25) is 5.91 Å². The number of anilines is 1. The molecule has 2 aromatic rings. The highest BCUT2D eigenvalue weighted by atomic mass is 32.2. The van der Waals surface area contributed by atoms with E-state index in [9.17, 15) is 14.9 Å². The lowest BCUT2D eigenvalue weighted by atomic mass is 10.3. The van der Waals surface area contributed by atoms with Gasteiger partial charge in [0.05, 0.1) is 10.2 Å². The third-order valence-electron chi connectivity index (χ3n) is 3.09. The highest BCUT2D eigenvalue weighted by Gasteiger charge is 2.19. The van der Waals surface area contributed by atoms with Crippen LogP contribution in [0.25, 0.3) is 0 Å². The monoisotopic (exact) mass is 335 g/mol. The second-order valence-electron chi connectivity index (χ2n) is 5.17. The Bertz CT molecular complexity index is 699. The maximum Gasteiger partial charge on any atom is 0.269 e. The zero-order chi connectivity index (χ0) is 17.0. The highest BCUT2D eigenvalue weighted by molar-refractivity contribution is 8.00. The molecular weight excluding hydrogens is 318 g/mol. The summed E-state index contributed by atoms with van der Waals surface area (Å²) in [6.45, 7) is 5.79. The molecule has 122 valence electrons. The van der Waals surface area contributed by atoms with Crippen LogP contribution in [-0.2, 0) is 4.79 Å². The van der Waals surface area contributed by atoms with Gasteiger partial charge in [-0.05, 0) is 32.9 Å². The molecule has 0 aliphatic rings. The summed E-state index contributed by atoms with van der Waals surface area (Å²) in [5.41, 5.74) is 0.494. The summed E-state index contributed by atoms with van der Waals surface area (Å²) in [5.74, 6) is -0.206. The van der Waals surface area contributed by atoms with E-state index in [0.717, 1.165) is 0 Å². The fourth-order valence-electron chi connectivity index (χ4n) is 1.79. The van der Waals surface area contributed by atoms with Crippen LogP contribution in [0.3, 0.4) is 0 Å². The van der Waals surface area contributed by atoms with E-state index < -0.39 is 4.92 Å². The molecule has 0 aliphatic carbocycles. The summed E-state index contributed by atoms with van der Waals surface area (Å²) in [4.78, 5) is 22.3. The molecule has 0 aliphatic heterocycles. The second-order valence-corrected chi connectivity index (χ2v) is 6.48. The lowest BCUT2D eigenvalue weighted by Gasteiger charge is -2.14. The number of non-ortho nitro benzene ring substituents is 1. The number of amides is 1. The van der Waals surface area contributed by atoms with Crippen LogP contribution in [0.2, 0.25) is 0 Å². The Morgan fingerprint density at radius 2 is 1.96 bits per heavy atom. The maximum atomic E-state index is 12.2. The van der Waals surface area contributed by atoms with E-state index >= 15 is 0 Å². The molecule has 1 heterocycles. The average molecular weight is 335 g/mol. The van der Waals surface area contributed by atoms with Gasteiger partial charge < -0.3 is 9.88 Å². The topological polar surface area (TPSA) is 103 Å². The summed E-state index contributed by atoms with van der Waals surface area (Å²) in [6.07, 6.45) is 1.63. The Labute approximate surface area is 137 Å². The zero-order valence-electron chi connectivity index (χ0n) is 13.0. The van der Waals surface area contributed by atoms with Crippen molar-refractivity contribution in [2.75, 3.05) is 5.32 Å². The highest BCUT2D eigenvalue weighted by Crippen LogP contribution is 2.24. The number of rotatable bonds is 6. The number of aromatic nitrogens is 3. The van der Waals surface area contributed by atoms with Crippen LogP contribution >= 0.6 is 11.8 Å². The number of nitrogens with one attached hydrogen (secondary N) is 1. The molecule has 1 unspecified atom stereocenters. The average Bonchev–Trinajstić information content (AvgIpc) is 2.96. The van der Waals surface area contributed by atoms with Gasteiger partial charge in [-0.2, -0.15) is 0 Å². The molecule has 0 bridgehead atoms. The minimum Gasteiger partial charge on any atom is -0.325 e. The van der Waals surface area contributed by atoms with Crippen molar-refractivity contribution in [3.05, 3.63) is 40.7 Å². The molecule has 2 rings (SSSR count). The molecule has 0 radical (unpaired) electrons. The van der Waals surface area contributed by atoms with Crippen molar-refractivity contribution in [1.29, 1.82) is 0 Å². The Kier molecular flexibility index (Phi) is 5.32. The smallest absolute Gasteiger partial charge is 0.269 e. The first-order chi connectivity index (χ1) is 10.9. The molecular formula is C14H17N5O3S. The first-order valence-electron chi connectivity index (χ1n) is 7.00. The molecule has 1 atom stereocenters. The van der Waals surface area contributed by atoms with E-state index in [-0.39, 0.29) is 22.9 Å². The number of carbonyl (C=O) groups excluding carboxylic acids is 1. The van der Waals surface area contributed by atoms with E-state index in [1.807, 2.05) is 18.4 Å². The number of hydrogen-bond donors (Lipinski definition) is 1. The minimum atomic E-state index is -0.483. The number of nitro groups is 1. The van der Waals surface area contributed by atoms with Gasteiger partial charge in [0.15, 0.2) is 5.16 Å². The third kappa shape index (κ3) is 4.28. The molecule has 0 fully saturated rings. The Balaban J connectivity index is 1.99. The molecule has 9 heteroatoms. The van der Waals surface area contributed by atoms with Crippen molar-refractivity contribution in [2.45, 2.75) is 37.2 Å². The fraction of sp³-hybridized carbons (Fsp3) is 0.357. The van der Waals surface area contributed by atoms with E-state index in [4.69, 9.17) is 0 Å². The lowest BCUT2D eigenvalue weighted by Crippen LogP contribution is -2.23. The van der Waals surface area contributed by atoms with Gasteiger partial charge in [-0.15, -0.1) is 10.2 Å². The summed E-state index contributed by atoms with van der Waals surface area (Å²) in [5, 5.41) is 21.5. The predicted octanol–water partition coefficient (Wildman–Crippen LogP) is 2.89. The fourth-order valence-corrected chi connectivity index (χ4v) is 2.75. The maximum absolute atomic E-state index is 12.2. The van der Waals surface area contributed by atoms with Crippen LogP contribution in [0.1, 0.15) is 26.8 Å². The van der Waals surface area contributed by atoms with Crippen LogP contribution in [0.15, 0.2) is 35.7 Å². The number of hydrogen-bond acceptors (Lipinski definition) is 6. The van der Waals surface area contributed by atoms with Crippen molar-refractivity contribution in [3.8, 4) is 0 Å². The molecule has 1 aromatic carbocycles. The Morgan fingerprint density at radius 3 is 2.52 bits per heavy atom. The Hall–Kier alpha value is -2.42. The summed E-state index contributed by atoms with van der Waals surface area (Å²) < 4.78 is 1.89. The largest absolute Gasteiger partial charge is 0.325 e. The van der Waals surface area contributed by atoms with Crippen molar-refractivity contribution in [2.24, 2.45) is 0 Å². The summed E-state index contributed by atoms with van der Waals surface area (Å²) in [6, 6.07) is 5.91. The van der Waals surface area contributed by atoms with Gasteiger partial charge in [-0.25, -0.2) is 0 Å². The third-order valence-corrected chi connectivity index (χ3v) is 4.16. The summed E-state index contributed by atoms with van der Waals surface area (Å²) >= 11 is 1.31. The van der Waals surface area contributed by atoms with Gasteiger partial charge in [0.1, 0.15) is 6.33 Å². The van der Waals surface area contributed by atoms with Crippen LogP contribution in [0, 0.1) is 10.1 Å². The van der Waals surface area contributed by atoms with Crippen LogP contribution in [0.4, 0.5) is 11.4 Å². The van der Waals surface area contributed by atoms with Gasteiger partial charge in [0, 0.05) is 23.9 Å². The molecule has 0 spiro atoms. The number of thioether (sulfide) groups is 1. The lowest BCUT2D eigenvalue weighted by molar-refractivity contribution is -0.384. The zero-order valence-corrected chi connectivity index (χ0v) is 13.8. The molecule has 1 aromatic heterocycles. The standard InChI is InChI=1S/C14H17N5O3S/c1-9(2)18-8-15-17-14(18)23-10(3)13(20)16-11-4-6-12(7-5-11)19(21)22/h4-10H,1-3H3,(H,16,20). The number of carbonyl (C=O) groups is 1. The molecule has 1 amide bonds. The first-order valence-corrected chi connectivity index (χ1v) is 7.88. The number of benzene rings is 1. The molecule has 0 saturated heterocycles. The molecule has 1 N–H and O–H groups in total. The van der Waals surface area contributed by atoms with Gasteiger partial charge >= 0.3 is 0 Å². The first kappa shape index (κ1) is 16.9. The normalized spacial score (nSPS) is 12.2. The minimum absolute atomic E-state index is 0.0181. The SMILES string of the molecule is CC(Sc1nncn1C(C)C)C(=O)Nc1ccc([N+](=O)[O-])cc1. The van der Waals surface area contributed by atoms with E-state index in [2.05, 4.69) is 15.5 Å². The molecule has 23 heavy (non-hydrogen) atoms. The number of nitro benzene ring substituents is 1.